The van der Waals surface area contributed by atoms with E-state index in [0.717, 1.165) is 36.1 Å². The van der Waals surface area contributed by atoms with Crippen molar-refractivity contribution in [1.82, 2.24) is 0 Å². The van der Waals surface area contributed by atoms with Crippen LogP contribution in [0.25, 0.3) is 6.08 Å². The maximum atomic E-state index is 10.7. The molecule has 1 N–H and O–H groups in total. The van der Waals surface area contributed by atoms with Crippen molar-refractivity contribution < 1.29 is 9.84 Å². The molecule has 0 unspecified atom stereocenters. The second-order valence-electron chi connectivity index (χ2n) is 8.26. The molecule has 1 heterocycles. The van der Waals surface area contributed by atoms with Crippen molar-refractivity contribution >= 4 is 6.08 Å². The Morgan fingerprint density at radius 1 is 1.28 bits per heavy atom. The van der Waals surface area contributed by atoms with Gasteiger partial charge in [0, 0.05) is 17.4 Å². The van der Waals surface area contributed by atoms with E-state index >= 15 is 0 Å². The molecule has 0 saturated carbocycles. The molecule has 25 heavy (non-hydrogen) atoms. The van der Waals surface area contributed by atoms with Gasteiger partial charge in [0.05, 0.1) is 0 Å². The number of benzene rings is 1. The van der Waals surface area contributed by atoms with Crippen LogP contribution in [0.3, 0.4) is 0 Å². The van der Waals surface area contributed by atoms with Crippen LogP contribution in [0, 0.1) is 5.92 Å². The third-order valence-corrected chi connectivity index (χ3v) is 5.81. The number of fused-ring (bicyclic) bond motifs is 3. The molecule has 2 atom stereocenters. The molecule has 3 rings (SSSR count). The molecule has 0 bridgehead atoms. The maximum Gasteiger partial charge on any atom is 0.127 e. The SMILES string of the molecule is CCCCC/C=C\c1cc(O)c2c(c1)OC(C)(C)[C@@H]1CC=C(C)C[C@@H]21. The number of rotatable bonds is 5. The summed E-state index contributed by atoms with van der Waals surface area (Å²) in [5.74, 6) is 2.04. The van der Waals surface area contributed by atoms with Gasteiger partial charge in [0.15, 0.2) is 0 Å². The zero-order valence-electron chi connectivity index (χ0n) is 16.1. The van der Waals surface area contributed by atoms with Gasteiger partial charge < -0.3 is 9.84 Å². The summed E-state index contributed by atoms with van der Waals surface area (Å²) in [5, 5.41) is 10.7. The molecule has 0 amide bonds. The van der Waals surface area contributed by atoms with Crippen molar-refractivity contribution in [3.8, 4) is 11.5 Å². The van der Waals surface area contributed by atoms with Gasteiger partial charge in [-0.25, -0.2) is 0 Å². The molecule has 0 saturated heterocycles. The van der Waals surface area contributed by atoms with Gasteiger partial charge in [0.25, 0.3) is 0 Å². The first-order chi connectivity index (χ1) is 11.9. The molecule has 0 radical (unpaired) electrons. The molecule has 136 valence electrons. The number of hydrogen-bond acceptors (Lipinski definition) is 2. The van der Waals surface area contributed by atoms with Crippen LogP contribution in [-0.4, -0.2) is 10.7 Å². The molecule has 1 aliphatic carbocycles. The molecule has 2 heteroatoms. The molecule has 0 spiro atoms. The van der Waals surface area contributed by atoms with Crippen LogP contribution in [-0.2, 0) is 0 Å². The average Bonchev–Trinajstić information content (AvgIpc) is 2.53. The van der Waals surface area contributed by atoms with Gasteiger partial charge in [-0.1, -0.05) is 43.6 Å². The van der Waals surface area contributed by atoms with Crippen molar-refractivity contribution in [3.05, 3.63) is 41.0 Å². The lowest BCUT2D eigenvalue weighted by molar-refractivity contribution is 0.00760. The quantitative estimate of drug-likeness (QED) is 0.483. The molecule has 1 aromatic carbocycles. The highest BCUT2D eigenvalue weighted by Crippen LogP contribution is 2.54. The van der Waals surface area contributed by atoms with Crippen LogP contribution in [0.1, 0.15) is 83.3 Å². The van der Waals surface area contributed by atoms with E-state index < -0.39 is 0 Å². The van der Waals surface area contributed by atoms with Gasteiger partial charge in [-0.2, -0.15) is 0 Å². The van der Waals surface area contributed by atoms with Crippen LogP contribution in [0.2, 0.25) is 0 Å². The molecule has 2 aliphatic rings. The number of unbranched alkanes of at least 4 members (excludes halogenated alkanes) is 3. The maximum absolute atomic E-state index is 10.7. The summed E-state index contributed by atoms with van der Waals surface area (Å²) >= 11 is 0. The van der Waals surface area contributed by atoms with Crippen molar-refractivity contribution in [2.75, 3.05) is 0 Å². The van der Waals surface area contributed by atoms with E-state index in [9.17, 15) is 5.11 Å². The van der Waals surface area contributed by atoms with E-state index in [0.29, 0.717) is 17.6 Å². The Bertz CT molecular complexity index is 682. The lowest BCUT2D eigenvalue weighted by Gasteiger charge is -2.47. The fourth-order valence-electron chi connectivity index (χ4n) is 4.41. The summed E-state index contributed by atoms with van der Waals surface area (Å²) in [5.41, 5.74) is 3.26. The first-order valence-corrected chi connectivity index (χ1v) is 9.80. The van der Waals surface area contributed by atoms with Crippen LogP contribution in [0.5, 0.6) is 11.5 Å². The third-order valence-electron chi connectivity index (χ3n) is 5.81. The minimum absolute atomic E-state index is 0.204. The first-order valence-electron chi connectivity index (χ1n) is 9.80. The van der Waals surface area contributed by atoms with Crippen molar-refractivity contribution in [2.45, 2.75) is 77.7 Å². The Morgan fingerprint density at radius 3 is 2.84 bits per heavy atom. The zero-order chi connectivity index (χ0) is 18.0. The van der Waals surface area contributed by atoms with E-state index in [4.69, 9.17) is 4.74 Å². The predicted molar refractivity (Wildman–Crippen MR) is 105 cm³/mol. The molecule has 0 aromatic heterocycles. The highest BCUT2D eigenvalue weighted by atomic mass is 16.5. The fraction of sp³-hybridized carbons (Fsp3) is 0.565. The predicted octanol–water partition coefficient (Wildman–Crippen LogP) is 6.60. The van der Waals surface area contributed by atoms with Gasteiger partial charge in [0.2, 0.25) is 0 Å². The van der Waals surface area contributed by atoms with E-state index in [1.54, 1.807) is 0 Å². The van der Waals surface area contributed by atoms with E-state index in [1.165, 1.54) is 24.8 Å². The molecule has 1 aliphatic heterocycles. The van der Waals surface area contributed by atoms with Crippen LogP contribution < -0.4 is 4.74 Å². The number of ether oxygens (including phenoxy) is 1. The minimum atomic E-state index is -0.204. The monoisotopic (exact) mass is 340 g/mol. The van der Waals surface area contributed by atoms with Crippen LogP contribution >= 0.6 is 0 Å². The van der Waals surface area contributed by atoms with Crippen molar-refractivity contribution in [3.63, 3.8) is 0 Å². The molecule has 2 nitrogen and oxygen atoms in total. The Balaban J connectivity index is 1.89. The minimum Gasteiger partial charge on any atom is -0.507 e. The normalized spacial score (nSPS) is 24.4. The first kappa shape index (κ1) is 18.1. The van der Waals surface area contributed by atoms with Gasteiger partial charge >= 0.3 is 0 Å². The average molecular weight is 341 g/mol. The second kappa shape index (κ2) is 7.27. The van der Waals surface area contributed by atoms with E-state index in [-0.39, 0.29) is 5.60 Å². The Kier molecular flexibility index (Phi) is 5.27. The zero-order valence-corrected chi connectivity index (χ0v) is 16.1. The standard InChI is InChI=1S/C23H32O2/c1-5-6-7-8-9-10-17-14-20(24)22-18-13-16(2)11-12-19(18)23(3,4)25-21(22)15-17/h9-11,14-15,18-19,24H,5-8,12-13H2,1-4H3/b10-9-/t18-,19-/m1/s1. The van der Waals surface area contributed by atoms with Gasteiger partial charge in [-0.15, -0.1) is 0 Å². The Labute approximate surface area is 152 Å². The van der Waals surface area contributed by atoms with Gasteiger partial charge in [0.1, 0.15) is 17.1 Å². The van der Waals surface area contributed by atoms with E-state index in [1.807, 2.05) is 6.07 Å². The second-order valence-corrected chi connectivity index (χ2v) is 8.26. The Morgan fingerprint density at radius 2 is 2.08 bits per heavy atom. The largest absolute Gasteiger partial charge is 0.507 e. The number of hydrogen-bond donors (Lipinski definition) is 1. The summed E-state index contributed by atoms with van der Waals surface area (Å²) in [4.78, 5) is 0. The Hall–Kier alpha value is -1.70. The lowest BCUT2D eigenvalue weighted by Crippen LogP contribution is -2.45. The van der Waals surface area contributed by atoms with Crippen LogP contribution in [0.4, 0.5) is 0 Å². The summed E-state index contributed by atoms with van der Waals surface area (Å²) in [7, 11) is 0. The summed E-state index contributed by atoms with van der Waals surface area (Å²) in [6, 6.07) is 4.01. The fourth-order valence-corrected chi connectivity index (χ4v) is 4.41. The van der Waals surface area contributed by atoms with Crippen LogP contribution in [0.15, 0.2) is 29.9 Å². The summed E-state index contributed by atoms with van der Waals surface area (Å²) in [6.45, 7) is 8.79. The molecular weight excluding hydrogens is 308 g/mol. The summed E-state index contributed by atoms with van der Waals surface area (Å²) in [6.07, 6.45) is 13.5. The van der Waals surface area contributed by atoms with E-state index in [2.05, 4.69) is 52.0 Å². The number of aromatic hydroxyl groups is 1. The molecular formula is C23H32O2. The highest BCUT2D eigenvalue weighted by Gasteiger charge is 2.45. The third kappa shape index (κ3) is 3.78. The number of phenolic OH excluding ortho intramolecular Hbond substituents is 1. The smallest absolute Gasteiger partial charge is 0.127 e. The molecule has 0 fully saturated rings. The lowest BCUT2D eigenvalue weighted by atomic mass is 9.67. The molecule has 1 aromatic rings. The van der Waals surface area contributed by atoms with Crippen molar-refractivity contribution in [1.29, 1.82) is 0 Å². The van der Waals surface area contributed by atoms with Gasteiger partial charge in [-0.05, 0) is 64.2 Å². The van der Waals surface area contributed by atoms with Gasteiger partial charge in [-0.3, -0.25) is 0 Å². The highest BCUT2D eigenvalue weighted by molar-refractivity contribution is 5.60. The van der Waals surface area contributed by atoms with Crippen molar-refractivity contribution in [2.24, 2.45) is 5.92 Å². The number of allylic oxidation sites excluding steroid dienone is 3. The summed E-state index contributed by atoms with van der Waals surface area (Å²) < 4.78 is 6.37. The number of phenols is 1. The topological polar surface area (TPSA) is 29.5 Å².